The van der Waals surface area contributed by atoms with Gasteiger partial charge >= 0.3 is 5.97 Å². The molecule has 150 valence electrons. The summed E-state index contributed by atoms with van der Waals surface area (Å²) in [5, 5.41) is 21.3. The van der Waals surface area contributed by atoms with Crippen LogP contribution in [0.1, 0.15) is 11.1 Å². The van der Waals surface area contributed by atoms with Gasteiger partial charge in [-0.25, -0.2) is 4.79 Å². The van der Waals surface area contributed by atoms with Gasteiger partial charge in [0.2, 0.25) is 0 Å². The van der Waals surface area contributed by atoms with Crippen LogP contribution in [-0.4, -0.2) is 30.7 Å². The number of methoxy groups -OCH3 is 1. The number of nitriles is 1. The Hall–Kier alpha value is -3.21. The molecule has 0 aliphatic carbocycles. The van der Waals surface area contributed by atoms with Crippen LogP contribution in [-0.2, 0) is 9.59 Å². The number of hydrogen-bond donors (Lipinski definition) is 2. The number of carboxylic acids is 1. The van der Waals surface area contributed by atoms with Gasteiger partial charge in [-0.15, -0.1) is 0 Å². The quantitative estimate of drug-likeness (QED) is 0.495. The monoisotopic (exact) mass is 434 g/mol. The zero-order valence-corrected chi connectivity index (χ0v) is 17.0. The van der Waals surface area contributed by atoms with Gasteiger partial charge in [0.1, 0.15) is 11.6 Å². The standard InChI is InChI=1S/C20H16Cl2N2O5/c1-11-14(21)4-3-5-16(11)24-20(27)13(9-23)6-12-7-15(22)19(17(8-12)28-2)29-10-18(25)26/h3-8H,10H2,1-2H3,(H,24,27)(H,25,26)/b13-6-. The van der Waals surface area contributed by atoms with Crippen LogP contribution in [0.25, 0.3) is 6.08 Å². The topological polar surface area (TPSA) is 109 Å². The van der Waals surface area contributed by atoms with Crippen molar-refractivity contribution in [2.45, 2.75) is 6.92 Å². The van der Waals surface area contributed by atoms with E-state index in [1.807, 2.05) is 6.07 Å². The van der Waals surface area contributed by atoms with Crippen molar-refractivity contribution >= 4 is 46.8 Å². The minimum atomic E-state index is -1.17. The number of rotatable bonds is 7. The van der Waals surface area contributed by atoms with E-state index in [-0.39, 0.29) is 22.1 Å². The van der Waals surface area contributed by atoms with Gasteiger partial charge in [-0.05, 0) is 48.4 Å². The average molecular weight is 435 g/mol. The third-order valence-corrected chi connectivity index (χ3v) is 4.47. The minimum absolute atomic E-state index is 0.0474. The lowest BCUT2D eigenvalue weighted by molar-refractivity contribution is -0.139. The number of aliphatic carboxylic acids is 1. The van der Waals surface area contributed by atoms with Crippen LogP contribution in [0.2, 0.25) is 10.0 Å². The van der Waals surface area contributed by atoms with Crippen LogP contribution >= 0.6 is 23.2 Å². The molecule has 1 amide bonds. The highest BCUT2D eigenvalue weighted by atomic mass is 35.5. The molecule has 2 aromatic rings. The molecule has 0 unspecified atom stereocenters. The fourth-order valence-corrected chi connectivity index (χ4v) is 2.79. The van der Waals surface area contributed by atoms with Gasteiger partial charge in [0.05, 0.1) is 12.1 Å². The van der Waals surface area contributed by atoms with Gasteiger partial charge in [-0.1, -0.05) is 29.3 Å². The number of nitrogens with one attached hydrogen (secondary N) is 1. The summed E-state index contributed by atoms with van der Waals surface area (Å²) in [5.41, 5.74) is 1.37. The lowest BCUT2D eigenvalue weighted by Gasteiger charge is -2.12. The molecule has 0 saturated carbocycles. The Kier molecular flexibility index (Phi) is 7.48. The molecule has 0 heterocycles. The van der Waals surface area contributed by atoms with Crippen molar-refractivity contribution in [1.82, 2.24) is 0 Å². The van der Waals surface area contributed by atoms with Gasteiger partial charge in [-0.3, -0.25) is 4.79 Å². The number of hydrogen-bond acceptors (Lipinski definition) is 5. The molecular weight excluding hydrogens is 419 g/mol. The molecule has 0 fully saturated rings. The van der Waals surface area contributed by atoms with E-state index < -0.39 is 18.5 Å². The fraction of sp³-hybridized carbons (Fsp3) is 0.150. The lowest BCUT2D eigenvalue weighted by atomic mass is 10.1. The van der Waals surface area contributed by atoms with E-state index in [0.717, 1.165) is 0 Å². The van der Waals surface area contributed by atoms with Crippen molar-refractivity contribution in [3.8, 4) is 17.6 Å². The maximum atomic E-state index is 12.5. The molecule has 29 heavy (non-hydrogen) atoms. The Bertz CT molecular complexity index is 1030. The Morgan fingerprint density at radius 1 is 1.28 bits per heavy atom. The van der Waals surface area contributed by atoms with Crippen LogP contribution in [0.15, 0.2) is 35.9 Å². The van der Waals surface area contributed by atoms with Crippen LogP contribution in [0.3, 0.4) is 0 Å². The number of halogens is 2. The number of amides is 1. The van der Waals surface area contributed by atoms with Crippen molar-refractivity contribution in [2.75, 3.05) is 19.0 Å². The average Bonchev–Trinajstić information content (AvgIpc) is 2.68. The van der Waals surface area contributed by atoms with E-state index >= 15 is 0 Å². The molecule has 0 spiro atoms. The first-order valence-electron chi connectivity index (χ1n) is 8.17. The van der Waals surface area contributed by atoms with Crippen LogP contribution in [0.5, 0.6) is 11.5 Å². The van der Waals surface area contributed by atoms with E-state index in [0.29, 0.717) is 21.8 Å². The molecule has 2 N–H and O–H groups in total. The van der Waals surface area contributed by atoms with Gasteiger partial charge in [0.25, 0.3) is 5.91 Å². The molecule has 0 aliphatic rings. The number of carboxylic acid groups (broad SMARTS) is 1. The maximum Gasteiger partial charge on any atom is 0.341 e. The molecule has 0 atom stereocenters. The summed E-state index contributed by atoms with van der Waals surface area (Å²) >= 11 is 12.2. The Balaban J connectivity index is 2.33. The van der Waals surface area contributed by atoms with E-state index in [1.165, 1.54) is 25.3 Å². The van der Waals surface area contributed by atoms with Gasteiger partial charge in [-0.2, -0.15) is 5.26 Å². The third kappa shape index (κ3) is 5.64. The summed E-state index contributed by atoms with van der Waals surface area (Å²) in [5.74, 6) is -1.59. The largest absolute Gasteiger partial charge is 0.493 e. The Morgan fingerprint density at radius 2 is 2.00 bits per heavy atom. The summed E-state index contributed by atoms with van der Waals surface area (Å²) < 4.78 is 10.3. The van der Waals surface area contributed by atoms with Crippen LogP contribution in [0, 0.1) is 18.3 Å². The summed E-state index contributed by atoms with van der Waals surface area (Å²) in [6.07, 6.45) is 1.32. The maximum absolute atomic E-state index is 12.5. The predicted octanol–water partition coefficient (Wildman–Crippen LogP) is 4.32. The fourth-order valence-electron chi connectivity index (χ4n) is 2.34. The molecule has 0 saturated heterocycles. The zero-order chi connectivity index (χ0) is 21.6. The first-order valence-corrected chi connectivity index (χ1v) is 8.92. The molecule has 2 aromatic carbocycles. The summed E-state index contributed by atoms with van der Waals surface area (Å²) in [7, 11) is 1.35. The highest BCUT2D eigenvalue weighted by molar-refractivity contribution is 6.32. The Morgan fingerprint density at radius 3 is 2.62 bits per heavy atom. The highest BCUT2D eigenvalue weighted by Gasteiger charge is 2.16. The third-order valence-electron chi connectivity index (χ3n) is 3.78. The van der Waals surface area contributed by atoms with Crippen molar-refractivity contribution in [3.05, 3.63) is 57.1 Å². The second-order valence-electron chi connectivity index (χ2n) is 5.75. The van der Waals surface area contributed by atoms with Gasteiger partial charge in [0, 0.05) is 10.7 Å². The second kappa shape index (κ2) is 9.82. The van der Waals surface area contributed by atoms with Crippen LogP contribution < -0.4 is 14.8 Å². The number of benzene rings is 2. The second-order valence-corrected chi connectivity index (χ2v) is 6.57. The lowest BCUT2D eigenvalue weighted by Crippen LogP contribution is -2.14. The summed E-state index contributed by atoms with van der Waals surface area (Å²) in [4.78, 5) is 23.2. The van der Waals surface area contributed by atoms with Crippen molar-refractivity contribution in [1.29, 1.82) is 5.26 Å². The smallest absolute Gasteiger partial charge is 0.341 e. The van der Waals surface area contributed by atoms with E-state index in [4.69, 9.17) is 37.8 Å². The number of carbonyl (C=O) groups is 2. The molecule has 7 nitrogen and oxygen atoms in total. The molecule has 0 radical (unpaired) electrons. The van der Waals surface area contributed by atoms with E-state index in [2.05, 4.69) is 5.32 Å². The highest BCUT2D eigenvalue weighted by Crippen LogP contribution is 2.37. The SMILES string of the molecule is COc1cc(/C=C(/C#N)C(=O)Nc2cccc(Cl)c2C)cc(Cl)c1OCC(=O)O. The minimum Gasteiger partial charge on any atom is -0.493 e. The van der Waals surface area contributed by atoms with E-state index in [9.17, 15) is 14.9 Å². The molecule has 0 aromatic heterocycles. The van der Waals surface area contributed by atoms with Crippen molar-refractivity contribution in [2.24, 2.45) is 0 Å². The van der Waals surface area contributed by atoms with Crippen LogP contribution in [0.4, 0.5) is 5.69 Å². The molecule has 0 bridgehead atoms. The normalized spacial score (nSPS) is 10.8. The summed E-state index contributed by atoms with van der Waals surface area (Å²) in [6.45, 7) is 1.14. The molecule has 9 heteroatoms. The van der Waals surface area contributed by atoms with Gasteiger partial charge in [0.15, 0.2) is 18.1 Å². The van der Waals surface area contributed by atoms with Crippen molar-refractivity contribution < 1.29 is 24.2 Å². The number of carbonyl (C=O) groups excluding carboxylic acids is 1. The predicted molar refractivity (Wildman–Crippen MR) is 110 cm³/mol. The van der Waals surface area contributed by atoms with Crippen molar-refractivity contribution in [3.63, 3.8) is 0 Å². The molecular formula is C20H16Cl2N2O5. The summed E-state index contributed by atoms with van der Waals surface area (Å²) in [6, 6.07) is 9.78. The zero-order valence-electron chi connectivity index (χ0n) is 15.5. The van der Waals surface area contributed by atoms with Gasteiger partial charge < -0.3 is 19.9 Å². The first-order chi connectivity index (χ1) is 13.8. The van der Waals surface area contributed by atoms with E-state index in [1.54, 1.807) is 25.1 Å². The Labute approximate surface area is 177 Å². The first kappa shape index (κ1) is 22.1. The molecule has 0 aliphatic heterocycles. The number of nitrogens with zero attached hydrogens (tertiary/aromatic N) is 1. The molecule has 2 rings (SSSR count). The number of ether oxygens (including phenoxy) is 2. The number of anilines is 1.